The summed E-state index contributed by atoms with van der Waals surface area (Å²) in [5.41, 5.74) is 2.16. The van der Waals surface area contributed by atoms with E-state index in [1.54, 1.807) is 36.9 Å². The lowest BCUT2D eigenvalue weighted by atomic mass is 10.0. The molecule has 1 atom stereocenters. The second-order valence-corrected chi connectivity index (χ2v) is 5.80. The van der Waals surface area contributed by atoms with Crippen LogP contribution in [0.25, 0.3) is 0 Å². The van der Waals surface area contributed by atoms with Crippen LogP contribution in [-0.4, -0.2) is 35.5 Å². The van der Waals surface area contributed by atoms with Gasteiger partial charge in [-0.05, 0) is 36.1 Å². The number of benzene rings is 1. The van der Waals surface area contributed by atoms with E-state index in [0.717, 1.165) is 11.3 Å². The number of hydrogen-bond acceptors (Lipinski definition) is 3. The highest BCUT2D eigenvalue weighted by molar-refractivity contribution is 5.99. The fraction of sp³-hybridized carbons (Fsp3) is 0.438. The van der Waals surface area contributed by atoms with Gasteiger partial charge in [0, 0.05) is 24.7 Å². The molecule has 0 saturated heterocycles. The number of hydrogen-bond donors (Lipinski definition) is 2. The van der Waals surface area contributed by atoms with Crippen molar-refractivity contribution in [3.63, 3.8) is 0 Å². The van der Waals surface area contributed by atoms with Gasteiger partial charge in [-0.25, -0.2) is 4.79 Å². The zero-order valence-electron chi connectivity index (χ0n) is 12.9. The number of rotatable bonds is 4. The van der Waals surface area contributed by atoms with E-state index in [4.69, 9.17) is 5.11 Å². The van der Waals surface area contributed by atoms with Crippen molar-refractivity contribution in [1.82, 2.24) is 5.32 Å². The predicted octanol–water partition coefficient (Wildman–Crippen LogP) is 1.43. The van der Waals surface area contributed by atoms with Gasteiger partial charge >= 0.3 is 5.97 Å². The summed E-state index contributed by atoms with van der Waals surface area (Å²) in [5.74, 6) is -1.69. The number of nitrogens with one attached hydrogen (secondary N) is 1. The number of fused-ring (bicyclic) bond motifs is 1. The van der Waals surface area contributed by atoms with E-state index in [1.807, 2.05) is 0 Å². The summed E-state index contributed by atoms with van der Waals surface area (Å²) < 4.78 is 0. The highest BCUT2D eigenvalue weighted by Gasteiger charge is 2.26. The molecule has 0 saturated carbocycles. The smallest absolute Gasteiger partial charge is 0.326 e. The van der Waals surface area contributed by atoms with Crippen molar-refractivity contribution < 1.29 is 19.5 Å². The van der Waals surface area contributed by atoms with Crippen LogP contribution in [0.15, 0.2) is 18.2 Å². The van der Waals surface area contributed by atoms with E-state index in [2.05, 4.69) is 5.32 Å². The summed E-state index contributed by atoms with van der Waals surface area (Å²) in [6.07, 6.45) is 0.697. The molecule has 1 aromatic carbocycles. The Balaban J connectivity index is 2.19. The summed E-state index contributed by atoms with van der Waals surface area (Å²) >= 11 is 0. The molecule has 1 aliphatic rings. The lowest BCUT2D eigenvalue weighted by Crippen LogP contribution is -2.44. The Kier molecular flexibility index (Phi) is 4.49. The number of carbonyl (C=O) groups is 3. The van der Waals surface area contributed by atoms with Crippen molar-refractivity contribution in [3.05, 3.63) is 29.3 Å². The van der Waals surface area contributed by atoms with Gasteiger partial charge in [0.15, 0.2) is 0 Å². The zero-order chi connectivity index (χ0) is 16.4. The third kappa shape index (κ3) is 3.10. The van der Waals surface area contributed by atoms with Crippen molar-refractivity contribution in [2.75, 3.05) is 11.4 Å². The number of anilines is 1. The van der Waals surface area contributed by atoms with Crippen LogP contribution < -0.4 is 10.2 Å². The Hall–Kier alpha value is -2.37. The highest BCUT2D eigenvalue weighted by atomic mass is 16.4. The van der Waals surface area contributed by atoms with Gasteiger partial charge in [-0.1, -0.05) is 13.8 Å². The van der Waals surface area contributed by atoms with Crippen molar-refractivity contribution >= 4 is 23.5 Å². The standard InChI is InChI=1S/C16H20N2O4/c1-9(2)14(16(21)22)17-15(20)12-4-5-13-11(8-12)6-7-18(13)10(3)19/h4-5,8-9,14H,6-7H2,1-3H3,(H,17,20)(H,21,22). The van der Waals surface area contributed by atoms with Crippen molar-refractivity contribution in [1.29, 1.82) is 0 Å². The van der Waals surface area contributed by atoms with Crippen LogP contribution in [0.4, 0.5) is 5.69 Å². The Morgan fingerprint density at radius 3 is 2.50 bits per heavy atom. The van der Waals surface area contributed by atoms with Gasteiger partial charge < -0.3 is 15.3 Å². The third-order valence-corrected chi connectivity index (χ3v) is 3.84. The van der Waals surface area contributed by atoms with Crippen LogP contribution in [0, 0.1) is 5.92 Å². The average molecular weight is 304 g/mol. The molecule has 1 aromatic rings. The molecule has 6 heteroatoms. The van der Waals surface area contributed by atoms with Gasteiger partial charge in [0.1, 0.15) is 6.04 Å². The molecule has 0 aliphatic carbocycles. The Bertz CT molecular complexity index is 625. The average Bonchev–Trinajstić information content (AvgIpc) is 2.86. The second-order valence-electron chi connectivity index (χ2n) is 5.80. The molecule has 2 amide bonds. The largest absolute Gasteiger partial charge is 0.480 e. The van der Waals surface area contributed by atoms with Gasteiger partial charge in [-0.3, -0.25) is 9.59 Å². The predicted molar refractivity (Wildman–Crippen MR) is 81.9 cm³/mol. The van der Waals surface area contributed by atoms with Crippen molar-refractivity contribution in [3.8, 4) is 0 Å². The maximum absolute atomic E-state index is 12.2. The Labute approximate surface area is 129 Å². The molecule has 0 aromatic heterocycles. The maximum Gasteiger partial charge on any atom is 0.326 e. The number of aliphatic carboxylic acids is 1. The molecular weight excluding hydrogens is 284 g/mol. The van der Waals surface area contributed by atoms with E-state index < -0.39 is 17.9 Å². The normalized spacial score (nSPS) is 14.6. The molecule has 0 radical (unpaired) electrons. The fourth-order valence-corrected chi connectivity index (χ4v) is 2.61. The Morgan fingerprint density at radius 1 is 1.27 bits per heavy atom. The molecule has 2 N–H and O–H groups in total. The summed E-state index contributed by atoms with van der Waals surface area (Å²) in [5, 5.41) is 11.7. The minimum atomic E-state index is -1.05. The quantitative estimate of drug-likeness (QED) is 0.881. The zero-order valence-corrected chi connectivity index (χ0v) is 12.9. The van der Waals surface area contributed by atoms with Crippen molar-refractivity contribution in [2.24, 2.45) is 5.92 Å². The van der Waals surface area contributed by atoms with E-state index in [0.29, 0.717) is 18.5 Å². The van der Waals surface area contributed by atoms with Gasteiger partial charge in [0.2, 0.25) is 5.91 Å². The summed E-state index contributed by atoms with van der Waals surface area (Å²) in [6.45, 7) is 5.61. The monoisotopic (exact) mass is 304 g/mol. The molecule has 6 nitrogen and oxygen atoms in total. The molecule has 0 spiro atoms. The number of carboxylic acid groups (broad SMARTS) is 1. The van der Waals surface area contributed by atoms with Gasteiger partial charge in [-0.15, -0.1) is 0 Å². The number of amides is 2. The van der Waals surface area contributed by atoms with Crippen LogP contribution in [0.1, 0.15) is 36.7 Å². The topological polar surface area (TPSA) is 86.7 Å². The summed E-state index contributed by atoms with van der Waals surface area (Å²) in [6, 6.07) is 4.17. The highest BCUT2D eigenvalue weighted by Crippen LogP contribution is 2.28. The first kappa shape index (κ1) is 16.0. The molecule has 2 rings (SSSR count). The van der Waals surface area contributed by atoms with Gasteiger partial charge in [0.25, 0.3) is 5.91 Å². The minimum Gasteiger partial charge on any atom is -0.480 e. The first-order valence-corrected chi connectivity index (χ1v) is 7.26. The van der Waals surface area contributed by atoms with Crippen LogP contribution in [-0.2, 0) is 16.0 Å². The fourth-order valence-electron chi connectivity index (χ4n) is 2.61. The van der Waals surface area contributed by atoms with Crippen LogP contribution in [0.3, 0.4) is 0 Å². The first-order valence-electron chi connectivity index (χ1n) is 7.26. The second kappa shape index (κ2) is 6.17. The van der Waals surface area contributed by atoms with Crippen LogP contribution >= 0.6 is 0 Å². The minimum absolute atomic E-state index is 0.0262. The molecule has 1 unspecified atom stereocenters. The van der Waals surface area contributed by atoms with E-state index in [9.17, 15) is 14.4 Å². The van der Waals surface area contributed by atoms with Gasteiger partial charge in [-0.2, -0.15) is 0 Å². The number of nitrogens with zero attached hydrogens (tertiary/aromatic N) is 1. The molecule has 1 aliphatic heterocycles. The first-order chi connectivity index (χ1) is 10.3. The summed E-state index contributed by atoms with van der Waals surface area (Å²) in [4.78, 5) is 36.6. The third-order valence-electron chi connectivity index (χ3n) is 3.84. The number of carbonyl (C=O) groups excluding carboxylic acids is 2. The molecule has 0 fully saturated rings. The summed E-state index contributed by atoms with van der Waals surface area (Å²) in [7, 11) is 0. The molecule has 0 bridgehead atoms. The molecule has 22 heavy (non-hydrogen) atoms. The molecular formula is C16H20N2O4. The van der Waals surface area contributed by atoms with E-state index in [-0.39, 0.29) is 11.8 Å². The molecule has 1 heterocycles. The lowest BCUT2D eigenvalue weighted by Gasteiger charge is -2.18. The van der Waals surface area contributed by atoms with Crippen molar-refractivity contribution in [2.45, 2.75) is 33.2 Å². The maximum atomic E-state index is 12.2. The van der Waals surface area contributed by atoms with Gasteiger partial charge in [0.05, 0.1) is 0 Å². The lowest BCUT2D eigenvalue weighted by molar-refractivity contribution is -0.140. The van der Waals surface area contributed by atoms with E-state index >= 15 is 0 Å². The van der Waals surface area contributed by atoms with Crippen LogP contribution in [0.5, 0.6) is 0 Å². The number of carboxylic acids is 1. The SMILES string of the molecule is CC(=O)N1CCc2cc(C(=O)NC(C(=O)O)C(C)C)ccc21. The molecule has 118 valence electrons. The van der Waals surface area contributed by atoms with Crippen LogP contribution in [0.2, 0.25) is 0 Å². The van der Waals surface area contributed by atoms with E-state index in [1.165, 1.54) is 6.92 Å². The Morgan fingerprint density at radius 2 is 1.95 bits per heavy atom.